The van der Waals surface area contributed by atoms with Gasteiger partial charge in [-0.05, 0) is 37.5 Å². The Morgan fingerprint density at radius 1 is 1.53 bits per heavy atom. The highest BCUT2D eigenvalue weighted by molar-refractivity contribution is 5.41. The van der Waals surface area contributed by atoms with Crippen molar-refractivity contribution in [2.45, 2.75) is 31.2 Å². The molecule has 1 aliphatic rings. The molecule has 15 heavy (non-hydrogen) atoms. The van der Waals surface area contributed by atoms with Crippen LogP contribution >= 0.6 is 0 Å². The maximum Gasteiger partial charge on any atom is 0.140 e. The highest BCUT2D eigenvalue weighted by Gasteiger charge is 2.47. The molecule has 0 aromatic heterocycles. The summed E-state index contributed by atoms with van der Waals surface area (Å²) in [6, 6.07) is 6.64. The average Bonchev–Trinajstić information content (AvgIpc) is 2.99. The van der Waals surface area contributed by atoms with Crippen molar-refractivity contribution < 1.29 is 4.39 Å². The molecule has 0 amide bonds. The van der Waals surface area contributed by atoms with Crippen molar-refractivity contribution in [2.75, 3.05) is 0 Å². The van der Waals surface area contributed by atoms with E-state index in [9.17, 15) is 4.39 Å². The molecule has 3 heteroatoms. The van der Waals surface area contributed by atoms with Crippen LogP contribution in [0, 0.1) is 17.1 Å². The van der Waals surface area contributed by atoms with Crippen LogP contribution in [0.4, 0.5) is 4.39 Å². The highest BCUT2D eigenvalue weighted by atomic mass is 19.1. The molecule has 0 radical (unpaired) electrons. The summed E-state index contributed by atoms with van der Waals surface area (Å²) in [6.45, 7) is 1.96. The van der Waals surface area contributed by atoms with Crippen molar-refractivity contribution in [3.8, 4) is 6.07 Å². The first-order valence-corrected chi connectivity index (χ1v) is 5.06. The Labute approximate surface area is 88.5 Å². The summed E-state index contributed by atoms with van der Waals surface area (Å²) in [7, 11) is 0. The van der Waals surface area contributed by atoms with E-state index in [-0.39, 0.29) is 17.0 Å². The van der Waals surface area contributed by atoms with Crippen LogP contribution in [-0.2, 0) is 5.41 Å². The van der Waals surface area contributed by atoms with Gasteiger partial charge in [-0.2, -0.15) is 5.26 Å². The van der Waals surface area contributed by atoms with Gasteiger partial charge in [0.25, 0.3) is 0 Å². The van der Waals surface area contributed by atoms with Gasteiger partial charge in [0.05, 0.1) is 5.56 Å². The van der Waals surface area contributed by atoms with Crippen molar-refractivity contribution in [2.24, 2.45) is 5.73 Å². The van der Waals surface area contributed by atoms with E-state index in [1.165, 1.54) is 6.07 Å². The lowest BCUT2D eigenvalue weighted by molar-refractivity contribution is 0.553. The number of benzene rings is 1. The van der Waals surface area contributed by atoms with E-state index >= 15 is 0 Å². The molecule has 2 nitrogen and oxygen atoms in total. The Morgan fingerprint density at radius 2 is 2.20 bits per heavy atom. The van der Waals surface area contributed by atoms with Crippen LogP contribution < -0.4 is 5.73 Å². The number of rotatable bonds is 2. The molecule has 1 atom stereocenters. The predicted octanol–water partition coefficient (Wildman–Crippen LogP) is 2.08. The van der Waals surface area contributed by atoms with Gasteiger partial charge in [0.15, 0.2) is 0 Å². The van der Waals surface area contributed by atoms with E-state index in [2.05, 4.69) is 0 Å². The minimum absolute atomic E-state index is 0.0146. The van der Waals surface area contributed by atoms with Crippen molar-refractivity contribution >= 4 is 0 Å². The molecule has 1 unspecified atom stereocenters. The third-order valence-electron chi connectivity index (χ3n) is 3.32. The van der Waals surface area contributed by atoms with Crippen LogP contribution in [0.1, 0.15) is 30.9 Å². The molecule has 0 heterocycles. The van der Waals surface area contributed by atoms with Gasteiger partial charge in [0, 0.05) is 11.5 Å². The van der Waals surface area contributed by atoms with Crippen molar-refractivity contribution in [1.29, 1.82) is 5.26 Å². The molecular weight excluding hydrogens is 191 g/mol. The molecule has 0 saturated heterocycles. The molecule has 2 rings (SSSR count). The zero-order valence-electron chi connectivity index (χ0n) is 8.63. The standard InChI is InChI=1S/C12H13FN2/c1-8(15)12(4-5-12)10-2-3-11(13)9(6-10)7-14/h2-3,6,8H,4-5,15H2,1H3. The lowest BCUT2D eigenvalue weighted by Gasteiger charge is -2.20. The van der Waals surface area contributed by atoms with Gasteiger partial charge in [0.2, 0.25) is 0 Å². The van der Waals surface area contributed by atoms with Crippen LogP contribution in [-0.4, -0.2) is 6.04 Å². The summed E-state index contributed by atoms with van der Waals surface area (Å²) in [5.41, 5.74) is 7.01. The van der Waals surface area contributed by atoms with Crippen LogP contribution in [0.25, 0.3) is 0 Å². The van der Waals surface area contributed by atoms with Gasteiger partial charge in [-0.15, -0.1) is 0 Å². The van der Waals surface area contributed by atoms with Crippen LogP contribution in [0.2, 0.25) is 0 Å². The second kappa shape index (κ2) is 3.32. The van der Waals surface area contributed by atoms with Gasteiger partial charge in [0.1, 0.15) is 11.9 Å². The first-order valence-electron chi connectivity index (χ1n) is 5.06. The molecule has 1 aliphatic carbocycles. The fraction of sp³-hybridized carbons (Fsp3) is 0.417. The average molecular weight is 204 g/mol. The smallest absolute Gasteiger partial charge is 0.140 e. The minimum atomic E-state index is -0.457. The second-order valence-corrected chi connectivity index (χ2v) is 4.25. The molecular formula is C12H13FN2. The third-order valence-corrected chi connectivity index (χ3v) is 3.32. The van der Waals surface area contributed by atoms with Crippen molar-refractivity contribution in [1.82, 2.24) is 0 Å². The van der Waals surface area contributed by atoms with Gasteiger partial charge in [-0.1, -0.05) is 6.07 Å². The summed E-state index contributed by atoms with van der Waals surface area (Å²) >= 11 is 0. The van der Waals surface area contributed by atoms with Crippen LogP contribution in [0.15, 0.2) is 18.2 Å². The van der Waals surface area contributed by atoms with Gasteiger partial charge < -0.3 is 5.73 Å². The van der Waals surface area contributed by atoms with E-state index in [0.29, 0.717) is 0 Å². The fourth-order valence-corrected chi connectivity index (χ4v) is 2.06. The third kappa shape index (κ3) is 1.51. The van der Waals surface area contributed by atoms with E-state index in [1.807, 2.05) is 13.0 Å². The van der Waals surface area contributed by atoms with E-state index in [1.54, 1.807) is 12.1 Å². The molecule has 1 fully saturated rings. The topological polar surface area (TPSA) is 49.8 Å². The van der Waals surface area contributed by atoms with Gasteiger partial charge in [-0.25, -0.2) is 4.39 Å². The Kier molecular flexibility index (Phi) is 2.24. The predicted molar refractivity (Wildman–Crippen MR) is 55.7 cm³/mol. The van der Waals surface area contributed by atoms with E-state index < -0.39 is 5.82 Å². The maximum atomic E-state index is 13.1. The zero-order chi connectivity index (χ0) is 11.1. The maximum absolute atomic E-state index is 13.1. The van der Waals surface area contributed by atoms with Crippen molar-refractivity contribution in [3.05, 3.63) is 35.1 Å². The number of hydrogen-bond donors (Lipinski definition) is 1. The molecule has 0 aliphatic heterocycles. The first kappa shape index (κ1) is 10.1. The SMILES string of the molecule is CC(N)C1(c2ccc(F)c(C#N)c2)CC1. The summed E-state index contributed by atoms with van der Waals surface area (Å²) in [4.78, 5) is 0. The van der Waals surface area contributed by atoms with E-state index in [0.717, 1.165) is 18.4 Å². The van der Waals surface area contributed by atoms with Gasteiger partial charge in [-0.3, -0.25) is 0 Å². The molecule has 1 aromatic carbocycles. The lowest BCUT2D eigenvalue weighted by Crippen LogP contribution is -2.31. The Hall–Kier alpha value is -1.40. The van der Waals surface area contributed by atoms with Crippen LogP contribution in [0.5, 0.6) is 0 Å². The van der Waals surface area contributed by atoms with Gasteiger partial charge >= 0.3 is 0 Å². The molecule has 0 bridgehead atoms. The number of nitrogens with zero attached hydrogens (tertiary/aromatic N) is 1. The Balaban J connectivity index is 2.43. The zero-order valence-corrected chi connectivity index (χ0v) is 8.63. The molecule has 1 saturated carbocycles. The summed E-state index contributed by atoms with van der Waals surface area (Å²) in [5, 5.41) is 8.75. The quantitative estimate of drug-likeness (QED) is 0.801. The molecule has 1 aromatic rings. The number of nitrogens with two attached hydrogens (primary N) is 1. The molecule has 78 valence electrons. The number of nitriles is 1. The number of halogens is 1. The monoisotopic (exact) mass is 204 g/mol. The van der Waals surface area contributed by atoms with Crippen molar-refractivity contribution in [3.63, 3.8) is 0 Å². The van der Waals surface area contributed by atoms with Crippen LogP contribution in [0.3, 0.4) is 0 Å². The Morgan fingerprint density at radius 3 is 2.67 bits per heavy atom. The highest BCUT2D eigenvalue weighted by Crippen LogP contribution is 2.50. The summed E-state index contributed by atoms with van der Waals surface area (Å²) < 4.78 is 13.1. The first-order chi connectivity index (χ1) is 7.10. The van der Waals surface area contributed by atoms with E-state index in [4.69, 9.17) is 11.0 Å². The Bertz CT molecular complexity index is 428. The molecule has 2 N–H and O–H groups in total. The second-order valence-electron chi connectivity index (χ2n) is 4.25. The fourth-order valence-electron chi connectivity index (χ4n) is 2.06. The normalized spacial score (nSPS) is 19.3. The minimum Gasteiger partial charge on any atom is -0.327 e. The molecule has 0 spiro atoms. The largest absolute Gasteiger partial charge is 0.327 e. The summed E-state index contributed by atoms with van der Waals surface area (Å²) in [5.74, 6) is -0.457. The summed E-state index contributed by atoms with van der Waals surface area (Å²) in [6.07, 6.45) is 2.06. The number of hydrogen-bond acceptors (Lipinski definition) is 2. The lowest BCUT2D eigenvalue weighted by atomic mass is 9.88.